The number of nitrogens with two attached hydrogens (primary N) is 1. The fourth-order valence-electron chi connectivity index (χ4n) is 1.37. The van der Waals surface area contributed by atoms with Crippen LogP contribution in [0.2, 0.25) is 0 Å². The Balaban J connectivity index is 2.16. The van der Waals surface area contributed by atoms with Crippen molar-refractivity contribution in [2.24, 2.45) is 5.73 Å². The normalized spacial score (nSPS) is 22.0. The predicted molar refractivity (Wildman–Crippen MR) is 43.0 cm³/mol. The Hall–Kier alpha value is -1.43. The van der Waals surface area contributed by atoms with E-state index in [1.807, 2.05) is 0 Å². The monoisotopic (exact) mass is 182 g/mol. The molecule has 1 atom stereocenters. The van der Waals surface area contributed by atoms with Crippen molar-refractivity contribution in [1.29, 1.82) is 0 Å². The van der Waals surface area contributed by atoms with Gasteiger partial charge in [0.25, 0.3) is 11.7 Å². The molecule has 1 aromatic heterocycles. The van der Waals surface area contributed by atoms with Gasteiger partial charge in [-0.1, -0.05) is 5.16 Å². The highest BCUT2D eigenvalue weighted by atomic mass is 16.5. The average molecular weight is 182 g/mol. The van der Waals surface area contributed by atoms with Crippen LogP contribution in [0.3, 0.4) is 0 Å². The summed E-state index contributed by atoms with van der Waals surface area (Å²) in [4.78, 5) is 14.6. The van der Waals surface area contributed by atoms with E-state index >= 15 is 0 Å². The fourth-order valence-corrected chi connectivity index (χ4v) is 1.37. The second kappa shape index (κ2) is 3.14. The van der Waals surface area contributed by atoms with Crippen LogP contribution in [0.5, 0.6) is 0 Å². The van der Waals surface area contributed by atoms with Gasteiger partial charge in [0.2, 0.25) is 5.89 Å². The maximum atomic E-state index is 10.7. The van der Waals surface area contributed by atoms with Gasteiger partial charge in [-0.15, -0.1) is 0 Å². The molecule has 1 amide bonds. The molecular weight excluding hydrogens is 172 g/mol. The van der Waals surface area contributed by atoms with Gasteiger partial charge in [0, 0.05) is 6.54 Å². The number of carbonyl (C=O) groups excluding carboxylic acids is 1. The Morgan fingerprint density at radius 1 is 1.69 bits per heavy atom. The topological polar surface area (TPSA) is 94.0 Å². The first-order chi connectivity index (χ1) is 6.27. The number of carbonyl (C=O) groups is 1. The van der Waals surface area contributed by atoms with E-state index in [0.717, 1.165) is 19.5 Å². The second-order valence-corrected chi connectivity index (χ2v) is 3.01. The van der Waals surface area contributed by atoms with Crippen LogP contribution in [0.15, 0.2) is 4.52 Å². The molecule has 0 bridgehead atoms. The van der Waals surface area contributed by atoms with Crippen LogP contribution in [-0.2, 0) is 0 Å². The van der Waals surface area contributed by atoms with E-state index in [1.54, 1.807) is 0 Å². The summed E-state index contributed by atoms with van der Waals surface area (Å²) in [6, 6.07) is 0. The number of rotatable bonds is 2. The van der Waals surface area contributed by atoms with Crippen molar-refractivity contribution >= 4 is 5.91 Å². The molecule has 2 rings (SSSR count). The Morgan fingerprint density at radius 2 is 2.54 bits per heavy atom. The zero-order valence-electron chi connectivity index (χ0n) is 6.99. The molecule has 0 saturated carbocycles. The average Bonchev–Trinajstić information content (AvgIpc) is 2.75. The summed E-state index contributed by atoms with van der Waals surface area (Å²) in [5.41, 5.74) is 4.99. The van der Waals surface area contributed by atoms with Crippen molar-refractivity contribution in [2.45, 2.75) is 12.3 Å². The SMILES string of the molecule is NC(=O)c1noc(C2CCNC2)n1. The minimum atomic E-state index is -0.652. The summed E-state index contributed by atoms with van der Waals surface area (Å²) < 4.78 is 4.91. The smallest absolute Gasteiger partial charge is 0.290 e. The van der Waals surface area contributed by atoms with E-state index in [1.165, 1.54) is 0 Å². The van der Waals surface area contributed by atoms with Crippen LogP contribution in [0, 0.1) is 0 Å². The van der Waals surface area contributed by atoms with Gasteiger partial charge >= 0.3 is 0 Å². The van der Waals surface area contributed by atoms with E-state index in [2.05, 4.69) is 15.5 Å². The number of nitrogens with zero attached hydrogens (tertiary/aromatic N) is 2. The van der Waals surface area contributed by atoms with Gasteiger partial charge in [0.15, 0.2) is 0 Å². The Bertz CT molecular complexity index is 316. The minimum Gasteiger partial charge on any atom is -0.363 e. The first-order valence-electron chi connectivity index (χ1n) is 4.11. The summed E-state index contributed by atoms with van der Waals surface area (Å²) >= 11 is 0. The van der Waals surface area contributed by atoms with Gasteiger partial charge in [-0.2, -0.15) is 4.98 Å². The van der Waals surface area contributed by atoms with E-state index in [9.17, 15) is 4.79 Å². The highest BCUT2D eigenvalue weighted by Gasteiger charge is 2.23. The molecule has 0 radical (unpaired) electrons. The van der Waals surface area contributed by atoms with Crippen molar-refractivity contribution < 1.29 is 9.32 Å². The third-order valence-corrected chi connectivity index (χ3v) is 2.07. The van der Waals surface area contributed by atoms with Crippen molar-refractivity contribution in [3.05, 3.63) is 11.7 Å². The van der Waals surface area contributed by atoms with Crippen LogP contribution in [0.4, 0.5) is 0 Å². The Kier molecular flexibility index (Phi) is 1.97. The summed E-state index contributed by atoms with van der Waals surface area (Å²) in [6.45, 7) is 1.76. The Labute approximate surface area is 74.5 Å². The fraction of sp³-hybridized carbons (Fsp3) is 0.571. The van der Waals surface area contributed by atoms with Crippen LogP contribution in [0.1, 0.15) is 28.8 Å². The van der Waals surface area contributed by atoms with E-state index in [0.29, 0.717) is 5.89 Å². The van der Waals surface area contributed by atoms with Gasteiger partial charge in [-0.25, -0.2) is 0 Å². The highest BCUT2D eigenvalue weighted by Crippen LogP contribution is 2.19. The molecule has 3 N–H and O–H groups in total. The van der Waals surface area contributed by atoms with Crippen molar-refractivity contribution in [1.82, 2.24) is 15.5 Å². The first-order valence-corrected chi connectivity index (χ1v) is 4.11. The lowest BCUT2D eigenvalue weighted by molar-refractivity contribution is 0.0987. The van der Waals surface area contributed by atoms with Crippen molar-refractivity contribution in [3.8, 4) is 0 Å². The third kappa shape index (κ3) is 1.52. The number of aromatic nitrogens is 2. The van der Waals surface area contributed by atoms with E-state index < -0.39 is 5.91 Å². The van der Waals surface area contributed by atoms with Gasteiger partial charge in [0.1, 0.15) is 0 Å². The molecule has 0 aromatic carbocycles. The van der Waals surface area contributed by atoms with Crippen LogP contribution < -0.4 is 11.1 Å². The second-order valence-electron chi connectivity index (χ2n) is 3.01. The molecule has 1 aromatic rings. The molecule has 70 valence electrons. The van der Waals surface area contributed by atoms with Crippen LogP contribution in [-0.4, -0.2) is 29.1 Å². The van der Waals surface area contributed by atoms with Crippen LogP contribution in [0.25, 0.3) is 0 Å². The lowest BCUT2D eigenvalue weighted by atomic mass is 10.1. The number of primary amides is 1. The molecular formula is C7H10N4O2. The zero-order chi connectivity index (χ0) is 9.26. The molecule has 13 heavy (non-hydrogen) atoms. The quantitative estimate of drug-likeness (QED) is 0.627. The largest absolute Gasteiger partial charge is 0.363 e. The third-order valence-electron chi connectivity index (χ3n) is 2.07. The first kappa shape index (κ1) is 8.18. The maximum Gasteiger partial charge on any atom is 0.290 e. The minimum absolute atomic E-state index is 0.0399. The number of hydrogen-bond donors (Lipinski definition) is 2. The van der Waals surface area contributed by atoms with Crippen LogP contribution >= 0.6 is 0 Å². The van der Waals surface area contributed by atoms with Gasteiger partial charge < -0.3 is 15.6 Å². The lowest BCUT2D eigenvalue weighted by Crippen LogP contribution is -2.13. The Morgan fingerprint density at radius 3 is 3.08 bits per heavy atom. The van der Waals surface area contributed by atoms with Gasteiger partial charge in [-0.3, -0.25) is 4.79 Å². The summed E-state index contributed by atoms with van der Waals surface area (Å²) in [6.07, 6.45) is 0.959. The molecule has 6 nitrogen and oxygen atoms in total. The van der Waals surface area contributed by atoms with E-state index in [4.69, 9.17) is 10.3 Å². The standard InChI is InChI=1S/C7H10N4O2/c8-5(12)6-10-7(13-11-6)4-1-2-9-3-4/h4,9H,1-3H2,(H2,8,12). The number of nitrogens with one attached hydrogen (secondary N) is 1. The molecule has 1 aliphatic rings. The molecule has 0 aliphatic carbocycles. The predicted octanol–water partition coefficient (Wildman–Crippen LogP) is -0.755. The molecule has 1 aliphatic heterocycles. The molecule has 1 saturated heterocycles. The molecule has 2 heterocycles. The molecule has 1 unspecified atom stereocenters. The highest BCUT2D eigenvalue weighted by molar-refractivity contribution is 5.88. The molecule has 1 fully saturated rings. The maximum absolute atomic E-state index is 10.7. The number of hydrogen-bond acceptors (Lipinski definition) is 5. The summed E-state index contributed by atoms with van der Waals surface area (Å²) in [7, 11) is 0. The van der Waals surface area contributed by atoms with Crippen molar-refractivity contribution in [2.75, 3.05) is 13.1 Å². The van der Waals surface area contributed by atoms with Gasteiger partial charge in [0.05, 0.1) is 5.92 Å². The molecule has 0 spiro atoms. The van der Waals surface area contributed by atoms with Gasteiger partial charge in [-0.05, 0) is 13.0 Å². The van der Waals surface area contributed by atoms with Crippen molar-refractivity contribution in [3.63, 3.8) is 0 Å². The lowest BCUT2D eigenvalue weighted by Gasteiger charge is -1.97. The van der Waals surface area contributed by atoms with E-state index in [-0.39, 0.29) is 11.7 Å². The number of amides is 1. The molecule has 6 heteroatoms. The summed E-state index contributed by atoms with van der Waals surface area (Å²) in [5.74, 6) is 0.0299. The summed E-state index contributed by atoms with van der Waals surface area (Å²) in [5, 5.41) is 6.64. The zero-order valence-corrected chi connectivity index (χ0v) is 6.99.